The molecule has 0 spiro atoms. The number of anilines is 1. The molecule has 35 heavy (non-hydrogen) atoms. The van der Waals surface area contributed by atoms with E-state index in [1.807, 2.05) is 29.2 Å². The number of aromatic nitrogens is 4. The minimum Gasteiger partial charge on any atom is -0.493 e. The van der Waals surface area contributed by atoms with E-state index < -0.39 is 0 Å². The molecule has 0 bridgehead atoms. The van der Waals surface area contributed by atoms with Crippen LogP contribution < -0.4 is 14.4 Å². The number of methoxy groups -OCH3 is 1. The van der Waals surface area contributed by atoms with Gasteiger partial charge in [0.05, 0.1) is 25.7 Å². The second kappa shape index (κ2) is 10.8. The van der Waals surface area contributed by atoms with Crippen molar-refractivity contribution in [3.8, 4) is 11.5 Å². The first kappa shape index (κ1) is 23.1. The Morgan fingerprint density at radius 2 is 1.91 bits per heavy atom. The minimum absolute atomic E-state index is 0.0202. The van der Waals surface area contributed by atoms with E-state index in [2.05, 4.69) is 49.8 Å². The van der Waals surface area contributed by atoms with Gasteiger partial charge >= 0.3 is 0 Å². The monoisotopic (exact) mass is 476 g/mol. The molecule has 0 radical (unpaired) electrons. The quantitative estimate of drug-likeness (QED) is 0.534. The van der Waals surface area contributed by atoms with Crippen molar-refractivity contribution in [3.63, 3.8) is 0 Å². The molecule has 1 atom stereocenters. The van der Waals surface area contributed by atoms with Crippen molar-refractivity contribution >= 4 is 11.6 Å². The van der Waals surface area contributed by atoms with Gasteiger partial charge < -0.3 is 19.3 Å². The molecule has 2 aliphatic rings. The summed E-state index contributed by atoms with van der Waals surface area (Å²) in [6.45, 7) is 2.08. The number of amides is 1. The molecule has 9 nitrogen and oxygen atoms in total. The van der Waals surface area contributed by atoms with Crippen molar-refractivity contribution in [2.24, 2.45) is 0 Å². The van der Waals surface area contributed by atoms with Crippen LogP contribution in [0.2, 0.25) is 0 Å². The zero-order valence-electron chi connectivity index (χ0n) is 20.1. The summed E-state index contributed by atoms with van der Waals surface area (Å²) in [6, 6.07) is 16.5. The van der Waals surface area contributed by atoms with Gasteiger partial charge in [0.25, 0.3) is 0 Å². The molecule has 1 aliphatic carbocycles. The highest BCUT2D eigenvalue weighted by Crippen LogP contribution is 2.35. The number of aromatic amines is 1. The van der Waals surface area contributed by atoms with Crippen LogP contribution in [0, 0.1) is 0 Å². The third-order valence-electron chi connectivity index (χ3n) is 6.92. The number of benzene rings is 2. The van der Waals surface area contributed by atoms with Crippen LogP contribution in [0.25, 0.3) is 0 Å². The highest BCUT2D eigenvalue weighted by Gasteiger charge is 2.32. The van der Waals surface area contributed by atoms with Crippen LogP contribution in [-0.2, 0) is 17.6 Å². The molecule has 1 saturated carbocycles. The van der Waals surface area contributed by atoms with E-state index in [4.69, 9.17) is 9.47 Å². The zero-order chi connectivity index (χ0) is 24.0. The summed E-state index contributed by atoms with van der Waals surface area (Å²) < 4.78 is 11.9. The lowest BCUT2D eigenvalue weighted by Crippen LogP contribution is -2.56. The van der Waals surface area contributed by atoms with Crippen molar-refractivity contribution in [1.29, 1.82) is 0 Å². The lowest BCUT2D eigenvalue weighted by atomic mass is 10.0. The first-order chi connectivity index (χ1) is 17.2. The molecule has 3 aromatic rings. The summed E-state index contributed by atoms with van der Waals surface area (Å²) in [5.74, 6) is 1.99. The maximum absolute atomic E-state index is 13.2. The number of piperazine rings is 1. The van der Waals surface area contributed by atoms with Crippen LogP contribution >= 0.6 is 0 Å². The van der Waals surface area contributed by atoms with Gasteiger partial charge in [-0.05, 0) is 49.8 Å². The number of nitrogens with zero attached hydrogens (tertiary/aromatic N) is 5. The van der Waals surface area contributed by atoms with Crippen molar-refractivity contribution in [2.75, 3.05) is 31.6 Å². The molecular weight excluding hydrogens is 444 g/mol. The van der Waals surface area contributed by atoms with E-state index >= 15 is 0 Å². The standard InChI is InChI=1S/C26H32N6O3/c1-34-23-12-11-20(16-24(23)35-22-9-5-6-10-22)31-13-14-32(26(33)17-25-27-29-30-28-25)21(18-31)15-19-7-3-2-4-8-19/h2-4,7-8,11-12,16,21-22H,5-6,9-10,13-15,17-18H2,1H3,(H,27,28,29,30)/t21-/m0/s1. The van der Waals surface area contributed by atoms with Gasteiger partial charge in [-0.3, -0.25) is 4.79 Å². The fraction of sp³-hybridized carbons (Fsp3) is 0.462. The molecule has 0 unspecified atom stereocenters. The fourth-order valence-corrected chi connectivity index (χ4v) is 5.11. The Balaban J connectivity index is 1.35. The van der Waals surface area contributed by atoms with Gasteiger partial charge in [0.1, 0.15) is 0 Å². The van der Waals surface area contributed by atoms with Crippen molar-refractivity contribution in [2.45, 2.75) is 50.7 Å². The van der Waals surface area contributed by atoms with Gasteiger partial charge in [-0.15, -0.1) is 10.2 Å². The van der Waals surface area contributed by atoms with Gasteiger partial charge in [0, 0.05) is 31.4 Å². The summed E-state index contributed by atoms with van der Waals surface area (Å²) in [4.78, 5) is 17.5. The first-order valence-electron chi connectivity index (χ1n) is 12.3. The molecule has 1 N–H and O–H groups in total. The van der Waals surface area contributed by atoms with Crippen molar-refractivity contribution in [1.82, 2.24) is 25.5 Å². The topological polar surface area (TPSA) is 96.5 Å². The number of rotatable bonds is 8. The molecule has 1 amide bonds. The van der Waals surface area contributed by atoms with Gasteiger partial charge in [-0.1, -0.05) is 35.5 Å². The third-order valence-corrected chi connectivity index (χ3v) is 6.92. The smallest absolute Gasteiger partial charge is 0.230 e. The van der Waals surface area contributed by atoms with E-state index in [0.29, 0.717) is 12.4 Å². The lowest BCUT2D eigenvalue weighted by molar-refractivity contribution is -0.133. The Hall–Kier alpha value is -3.62. The molecule has 5 rings (SSSR count). The number of nitrogens with one attached hydrogen (secondary N) is 1. The van der Waals surface area contributed by atoms with Crippen LogP contribution in [0.15, 0.2) is 48.5 Å². The molecule has 1 saturated heterocycles. The van der Waals surface area contributed by atoms with Gasteiger partial charge in [0.2, 0.25) is 5.91 Å². The molecule has 184 valence electrons. The second-order valence-electron chi connectivity index (χ2n) is 9.24. The molecule has 1 aromatic heterocycles. The highest BCUT2D eigenvalue weighted by molar-refractivity contribution is 5.78. The molecule has 2 fully saturated rings. The number of hydrogen-bond donors (Lipinski definition) is 1. The van der Waals surface area contributed by atoms with Gasteiger partial charge in [-0.2, -0.15) is 5.21 Å². The van der Waals surface area contributed by atoms with Crippen molar-refractivity contribution in [3.05, 3.63) is 59.9 Å². The Bertz CT molecular complexity index is 1100. The van der Waals surface area contributed by atoms with Crippen molar-refractivity contribution < 1.29 is 14.3 Å². The average molecular weight is 477 g/mol. The Labute approximate surface area is 205 Å². The second-order valence-corrected chi connectivity index (χ2v) is 9.24. The minimum atomic E-state index is 0.0202. The Morgan fingerprint density at radius 3 is 2.66 bits per heavy atom. The third kappa shape index (κ3) is 5.55. The van der Waals surface area contributed by atoms with Crippen LogP contribution in [0.3, 0.4) is 0 Å². The predicted octanol–water partition coefficient (Wildman–Crippen LogP) is 3.03. The fourth-order valence-electron chi connectivity index (χ4n) is 5.11. The van der Waals surface area contributed by atoms with Crippen LogP contribution in [0.1, 0.15) is 37.1 Å². The predicted molar refractivity (Wildman–Crippen MR) is 132 cm³/mol. The maximum atomic E-state index is 13.2. The number of tetrazole rings is 1. The SMILES string of the molecule is COc1ccc(N2CCN(C(=O)Cc3nn[nH]n3)[C@@H](Cc3ccccc3)C2)cc1OC1CCCC1. The number of hydrogen-bond acceptors (Lipinski definition) is 7. The molecule has 1 aliphatic heterocycles. The Morgan fingerprint density at radius 1 is 1.09 bits per heavy atom. The van der Waals surface area contributed by atoms with E-state index in [0.717, 1.165) is 49.5 Å². The van der Waals surface area contributed by atoms with E-state index in [-0.39, 0.29) is 24.5 Å². The maximum Gasteiger partial charge on any atom is 0.230 e. The summed E-state index contributed by atoms with van der Waals surface area (Å²) in [7, 11) is 1.68. The normalized spacial score (nSPS) is 18.6. The number of ether oxygens (including phenoxy) is 2. The number of H-pyrrole nitrogens is 1. The zero-order valence-corrected chi connectivity index (χ0v) is 20.1. The summed E-state index contributed by atoms with van der Waals surface area (Å²) >= 11 is 0. The highest BCUT2D eigenvalue weighted by atomic mass is 16.5. The van der Waals surface area contributed by atoms with E-state index in [9.17, 15) is 4.79 Å². The largest absolute Gasteiger partial charge is 0.493 e. The van der Waals surface area contributed by atoms with Crippen LogP contribution in [-0.4, -0.2) is 70.3 Å². The molecule has 2 aromatic carbocycles. The summed E-state index contributed by atoms with van der Waals surface area (Å²) in [5, 5.41) is 13.9. The molecular formula is C26H32N6O3. The van der Waals surface area contributed by atoms with Gasteiger partial charge in [0.15, 0.2) is 17.3 Å². The van der Waals surface area contributed by atoms with E-state index in [1.165, 1.54) is 18.4 Å². The summed E-state index contributed by atoms with van der Waals surface area (Å²) in [6.07, 6.45) is 5.79. The van der Waals surface area contributed by atoms with E-state index in [1.54, 1.807) is 7.11 Å². The molecule has 9 heteroatoms. The number of carbonyl (C=O) groups excluding carboxylic acids is 1. The Kier molecular flexibility index (Phi) is 7.11. The number of carbonyl (C=O) groups is 1. The average Bonchev–Trinajstić information content (AvgIpc) is 3.59. The molecule has 2 heterocycles. The first-order valence-corrected chi connectivity index (χ1v) is 12.3. The van der Waals surface area contributed by atoms with Crippen LogP contribution in [0.5, 0.6) is 11.5 Å². The van der Waals surface area contributed by atoms with Crippen LogP contribution in [0.4, 0.5) is 5.69 Å². The summed E-state index contributed by atoms with van der Waals surface area (Å²) in [5.41, 5.74) is 2.29. The van der Waals surface area contributed by atoms with Gasteiger partial charge in [-0.25, -0.2) is 0 Å². The lowest BCUT2D eigenvalue weighted by Gasteiger charge is -2.42.